The number of anilines is 2. The summed E-state index contributed by atoms with van der Waals surface area (Å²) in [5.74, 6) is 1.68. The molecule has 0 amide bonds. The molecule has 0 aromatic heterocycles. The van der Waals surface area contributed by atoms with Gasteiger partial charge in [0, 0.05) is 24.5 Å². The fourth-order valence-electron chi connectivity index (χ4n) is 5.42. The molecule has 5 aromatic carbocycles. The molecule has 8 nitrogen and oxygen atoms in total. The minimum absolute atomic E-state index is 0.0743. The van der Waals surface area contributed by atoms with Gasteiger partial charge in [0.05, 0.1) is 38.4 Å². The van der Waals surface area contributed by atoms with Crippen LogP contribution in [0.3, 0.4) is 0 Å². The van der Waals surface area contributed by atoms with Crippen LogP contribution in [0.4, 0.5) is 11.4 Å². The molecule has 8 heteroatoms. The molecule has 0 saturated heterocycles. The number of nitrogens with zero attached hydrogens (tertiary/aromatic N) is 6. The molecule has 0 radical (unpaired) electrons. The van der Waals surface area contributed by atoms with Gasteiger partial charge >= 0.3 is 0 Å². The van der Waals surface area contributed by atoms with E-state index in [1.165, 1.54) is 5.56 Å². The van der Waals surface area contributed by atoms with Gasteiger partial charge in [-0.1, -0.05) is 84.9 Å². The number of allylic oxidation sites excluding steroid dienone is 2. The lowest BCUT2D eigenvalue weighted by atomic mass is 10.1. The van der Waals surface area contributed by atoms with E-state index in [1.807, 2.05) is 134 Å². The van der Waals surface area contributed by atoms with Crippen LogP contribution >= 0.6 is 0 Å². The lowest BCUT2D eigenvalue weighted by Gasteiger charge is -2.26. The maximum absolute atomic E-state index is 9.04. The highest BCUT2D eigenvalue weighted by molar-refractivity contribution is 5.65. The van der Waals surface area contributed by atoms with Crippen molar-refractivity contribution >= 4 is 23.5 Å². The van der Waals surface area contributed by atoms with Gasteiger partial charge in [0.25, 0.3) is 11.4 Å². The summed E-state index contributed by atoms with van der Waals surface area (Å²) in [5.41, 5.74) is 6.34. The summed E-state index contributed by atoms with van der Waals surface area (Å²) in [7, 11) is 0. The Morgan fingerprint density at radius 2 is 1.15 bits per heavy atom. The zero-order valence-electron chi connectivity index (χ0n) is 30.6. The Balaban J connectivity index is 0.000000258. The number of hydrogen-bond acceptors (Lipinski definition) is 6. The van der Waals surface area contributed by atoms with Crippen molar-refractivity contribution in [3.8, 4) is 23.6 Å². The molecule has 0 N–H and O–H groups in total. The fourth-order valence-corrected chi connectivity index (χ4v) is 5.42. The molecule has 0 unspecified atom stereocenters. The number of rotatable bonds is 15. The molecule has 268 valence electrons. The van der Waals surface area contributed by atoms with Crippen molar-refractivity contribution in [2.45, 2.75) is 20.4 Å². The molecule has 0 spiro atoms. The minimum Gasteiger partial charge on any atom is -0.492 e. The van der Waals surface area contributed by atoms with E-state index in [0.717, 1.165) is 52.7 Å². The van der Waals surface area contributed by atoms with Gasteiger partial charge in [-0.15, -0.1) is 0 Å². The van der Waals surface area contributed by atoms with Crippen molar-refractivity contribution in [1.29, 1.82) is 10.5 Å². The van der Waals surface area contributed by atoms with Crippen molar-refractivity contribution < 1.29 is 9.47 Å². The van der Waals surface area contributed by atoms with Gasteiger partial charge in [-0.05, 0) is 96.8 Å². The molecule has 5 rings (SSSR count). The van der Waals surface area contributed by atoms with E-state index in [9.17, 15) is 0 Å². The molecule has 5 aromatic rings. The predicted octanol–water partition coefficient (Wildman–Crippen LogP) is 10.2. The van der Waals surface area contributed by atoms with E-state index < -0.39 is 0 Å². The molecule has 54 heavy (non-hydrogen) atoms. The number of ether oxygens (including phenoxy) is 2. The van der Waals surface area contributed by atoms with E-state index in [2.05, 4.69) is 44.6 Å². The summed E-state index contributed by atoms with van der Waals surface area (Å²) in [4.78, 5) is 10.9. The second kappa shape index (κ2) is 21.8. The van der Waals surface area contributed by atoms with Crippen LogP contribution in [-0.2, 0) is 6.54 Å². The van der Waals surface area contributed by atoms with Crippen molar-refractivity contribution in [2.75, 3.05) is 42.6 Å². The maximum atomic E-state index is 9.04. The summed E-state index contributed by atoms with van der Waals surface area (Å²) in [6.45, 7) is 22.3. The van der Waals surface area contributed by atoms with Gasteiger partial charge in [-0.25, -0.2) is 20.2 Å². The first kappa shape index (κ1) is 39.5. The van der Waals surface area contributed by atoms with E-state index in [-0.39, 0.29) is 11.4 Å². The molecule has 0 atom stereocenters. The van der Waals surface area contributed by atoms with Crippen LogP contribution in [0.2, 0.25) is 0 Å². The number of aryl methyl sites for hydroxylation is 1. The third kappa shape index (κ3) is 12.8. The summed E-state index contributed by atoms with van der Waals surface area (Å²) in [6.07, 6.45) is 3.22. The Morgan fingerprint density at radius 3 is 1.63 bits per heavy atom. The van der Waals surface area contributed by atoms with Gasteiger partial charge in [0.1, 0.15) is 24.7 Å². The van der Waals surface area contributed by atoms with Crippen LogP contribution in [0.15, 0.2) is 145 Å². The average Bonchev–Trinajstić information content (AvgIpc) is 3.22. The molecule has 0 aliphatic carbocycles. The van der Waals surface area contributed by atoms with Crippen molar-refractivity contribution in [3.63, 3.8) is 0 Å². The quantitative estimate of drug-likeness (QED) is 0.0795. The summed E-state index contributed by atoms with van der Waals surface area (Å²) in [6, 6.07) is 47.6. The minimum atomic E-state index is 0.0743. The lowest BCUT2D eigenvalue weighted by Crippen LogP contribution is -2.32. The molecule has 0 fully saturated rings. The number of nitriles is 2. The average molecular weight is 711 g/mol. The Morgan fingerprint density at radius 1 is 0.648 bits per heavy atom. The maximum Gasteiger partial charge on any atom is 0.262 e. The molecule has 0 aliphatic heterocycles. The van der Waals surface area contributed by atoms with Gasteiger partial charge < -0.3 is 19.3 Å². The van der Waals surface area contributed by atoms with Crippen LogP contribution in [0.1, 0.15) is 29.2 Å². The number of hydrogen-bond donors (Lipinski definition) is 0. The highest BCUT2D eigenvalue weighted by atomic mass is 16.5. The Labute approximate surface area is 319 Å². The van der Waals surface area contributed by atoms with E-state index in [0.29, 0.717) is 26.3 Å². The Hall–Kier alpha value is -7.26. The highest BCUT2D eigenvalue weighted by Gasteiger charge is 2.10. The predicted molar refractivity (Wildman–Crippen MR) is 217 cm³/mol. The fraction of sp³-hybridized carbons (Fsp3) is 0.174. The zero-order chi connectivity index (χ0) is 38.4. The van der Waals surface area contributed by atoms with E-state index in [4.69, 9.17) is 33.1 Å². The second-order valence-corrected chi connectivity index (χ2v) is 11.9. The van der Waals surface area contributed by atoms with Gasteiger partial charge in [0.2, 0.25) is 0 Å². The Kier molecular flexibility index (Phi) is 16.0. The first-order chi connectivity index (χ1) is 26.5. The van der Waals surface area contributed by atoms with Crippen LogP contribution in [0.25, 0.3) is 21.8 Å². The van der Waals surface area contributed by atoms with Crippen LogP contribution in [0, 0.1) is 42.7 Å². The monoisotopic (exact) mass is 710 g/mol. The second-order valence-electron chi connectivity index (χ2n) is 11.9. The van der Waals surface area contributed by atoms with Crippen LogP contribution < -0.4 is 19.3 Å². The molecular weight excluding hydrogens is 669 g/mol. The standard InChI is InChI=1S/C27H25N3O2.C19H17N3/c1-22-19-25(14-13-23(22)20-24(21-28)29-2)30(15-17-31-26-9-5-3-6-10-26)16-18-32-27-11-7-4-8-12-27;1-3-22(15-17-7-5-4-6-8-17)19-11-9-16(10-12-19)13-18(14-20)21-2/h3-14,19-20H,15-18H2,1H3;4-13H,3,15H2,1H3/b24-20+;18-13+. The molecule has 0 aliphatic rings. The Bertz CT molecular complexity index is 2060. The SMILES string of the molecule is [C-]#[N+]/C(C#N)=C/c1ccc(N(CC)Cc2ccccc2)cc1.[C-]#[N+]/C(C#N)=C/c1ccc(N(CCOc2ccccc2)CCOc2ccccc2)cc1C. The van der Waals surface area contributed by atoms with Crippen molar-refractivity contribution in [3.05, 3.63) is 190 Å². The normalized spacial score (nSPS) is 10.6. The molecular formula is C46H42N6O2. The van der Waals surface area contributed by atoms with Gasteiger partial charge in [0.15, 0.2) is 0 Å². The third-order valence-electron chi connectivity index (χ3n) is 8.29. The van der Waals surface area contributed by atoms with Gasteiger partial charge in [-0.3, -0.25) is 0 Å². The smallest absolute Gasteiger partial charge is 0.262 e. The third-order valence-corrected chi connectivity index (χ3v) is 8.29. The van der Waals surface area contributed by atoms with E-state index >= 15 is 0 Å². The van der Waals surface area contributed by atoms with Crippen LogP contribution in [-0.4, -0.2) is 32.8 Å². The summed E-state index contributed by atoms with van der Waals surface area (Å²) in [5, 5.41) is 17.8. The molecule has 0 heterocycles. The van der Waals surface area contributed by atoms with Crippen LogP contribution in [0.5, 0.6) is 11.5 Å². The topological polar surface area (TPSA) is 81.2 Å². The highest BCUT2D eigenvalue weighted by Crippen LogP contribution is 2.23. The molecule has 0 saturated carbocycles. The van der Waals surface area contributed by atoms with Gasteiger partial charge in [-0.2, -0.15) is 0 Å². The van der Waals surface area contributed by atoms with E-state index in [1.54, 1.807) is 12.2 Å². The summed E-state index contributed by atoms with van der Waals surface area (Å²) >= 11 is 0. The largest absolute Gasteiger partial charge is 0.492 e. The first-order valence-electron chi connectivity index (χ1n) is 17.5. The van der Waals surface area contributed by atoms with Crippen molar-refractivity contribution in [1.82, 2.24) is 0 Å². The lowest BCUT2D eigenvalue weighted by molar-refractivity contribution is 0.303. The number of benzene rings is 5. The number of para-hydroxylation sites is 2. The molecule has 0 bridgehead atoms. The summed E-state index contributed by atoms with van der Waals surface area (Å²) < 4.78 is 11.8. The van der Waals surface area contributed by atoms with Crippen molar-refractivity contribution in [2.24, 2.45) is 0 Å². The first-order valence-corrected chi connectivity index (χ1v) is 17.5. The zero-order valence-corrected chi connectivity index (χ0v) is 30.6.